The van der Waals surface area contributed by atoms with Crippen molar-refractivity contribution in [3.8, 4) is 11.8 Å². The second-order valence-corrected chi connectivity index (χ2v) is 1.95. The van der Waals surface area contributed by atoms with E-state index in [1.54, 1.807) is 6.92 Å². The predicted molar refractivity (Wildman–Crippen MR) is 35.8 cm³/mol. The first-order chi connectivity index (χ1) is 4.34. The van der Waals surface area contributed by atoms with Crippen LogP contribution in [0.25, 0.3) is 0 Å². The van der Waals surface area contributed by atoms with Gasteiger partial charge in [0.15, 0.2) is 5.78 Å². The Morgan fingerprint density at radius 1 is 1.67 bits per heavy atom. The Kier molecular flexibility index (Phi) is 1.69. The summed E-state index contributed by atoms with van der Waals surface area (Å²) in [5.74, 6) is 5.66. The third kappa shape index (κ3) is 1.20. The summed E-state index contributed by atoms with van der Waals surface area (Å²) >= 11 is 0. The lowest BCUT2D eigenvalue weighted by Gasteiger charge is -1.82. The molecular formula is C8H8O. The fraction of sp³-hybridized carbons (Fsp3) is 0.375. The molecule has 0 unspecified atom stereocenters. The quantitative estimate of drug-likeness (QED) is 0.440. The van der Waals surface area contributed by atoms with E-state index in [1.807, 2.05) is 6.08 Å². The molecule has 0 N–H and O–H groups in total. The fourth-order valence-electron chi connectivity index (χ4n) is 0.852. The Hall–Kier alpha value is -1.03. The van der Waals surface area contributed by atoms with Crippen molar-refractivity contribution in [1.82, 2.24) is 0 Å². The van der Waals surface area contributed by atoms with Gasteiger partial charge in [-0.2, -0.15) is 0 Å². The number of carbonyl (C=O) groups excluding carboxylic acids is 1. The fourth-order valence-corrected chi connectivity index (χ4v) is 0.852. The molecule has 9 heavy (non-hydrogen) atoms. The molecule has 0 aromatic rings. The minimum atomic E-state index is 0.198. The van der Waals surface area contributed by atoms with Crippen LogP contribution in [0.1, 0.15) is 19.8 Å². The van der Waals surface area contributed by atoms with Crippen molar-refractivity contribution in [2.45, 2.75) is 19.8 Å². The van der Waals surface area contributed by atoms with Crippen molar-refractivity contribution in [3.05, 3.63) is 11.6 Å². The van der Waals surface area contributed by atoms with Gasteiger partial charge in [0.25, 0.3) is 0 Å². The van der Waals surface area contributed by atoms with Crippen molar-refractivity contribution >= 4 is 5.78 Å². The van der Waals surface area contributed by atoms with Crippen LogP contribution in [0.3, 0.4) is 0 Å². The van der Waals surface area contributed by atoms with Gasteiger partial charge in [0.05, 0.1) is 5.57 Å². The Labute approximate surface area is 54.8 Å². The van der Waals surface area contributed by atoms with E-state index >= 15 is 0 Å². The maximum absolute atomic E-state index is 10.8. The zero-order chi connectivity index (χ0) is 6.69. The highest BCUT2D eigenvalue weighted by atomic mass is 16.1. The minimum Gasteiger partial charge on any atom is -0.293 e. The molecule has 0 radical (unpaired) electrons. The van der Waals surface area contributed by atoms with Crippen LogP contribution in [-0.4, -0.2) is 5.78 Å². The van der Waals surface area contributed by atoms with Gasteiger partial charge in [-0.3, -0.25) is 4.79 Å². The van der Waals surface area contributed by atoms with E-state index in [2.05, 4.69) is 11.8 Å². The molecule has 1 aliphatic rings. The van der Waals surface area contributed by atoms with Crippen LogP contribution < -0.4 is 0 Å². The van der Waals surface area contributed by atoms with Gasteiger partial charge in [-0.25, -0.2) is 0 Å². The average molecular weight is 120 g/mol. The van der Waals surface area contributed by atoms with Gasteiger partial charge in [-0.15, -0.1) is 5.92 Å². The largest absolute Gasteiger partial charge is 0.293 e. The summed E-state index contributed by atoms with van der Waals surface area (Å²) < 4.78 is 0. The SMILES string of the molecule is CC#CC1=CCCC1=O. The molecule has 1 rings (SSSR count). The van der Waals surface area contributed by atoms with Crippen LogP contribution in [-0.2, 0) is 4.79 Å². The second kappa shape index (κ2) is 2.50. The summed E-state index contributed by atoms with van der Waals surface area (Å²) in [4.78, 5) is 10.8. The Morgan fingerprint density at radius 2 is 2.44 bits per heavy atom. The molecule has 0 saturated carbocycles. The molecule has 0 aromatic carbocycles. The lowest BCUT2D eigenvalue weighted by atomic mass is 10.2. The molecule has 0 atom stereocenters. The highest BCUT2D eigenvalue weighted by Crippen LogP contribution is 2.11. The molecule has 0 aromatic heterocycles. The molecule has 46 valence electrons. The molecule has 0 heterocycles. The van der Waals surface area contributed by atoms with E-state index in [0.717, 1.165) is 6.42 Å². The molecular weight excluding hydrogens is 112 g/mol. The van der Waals surface area contributed by atoms with Crippen molar-refractivity contribution in [3.63, 3.8) is 0 Å². The van der Waals surface area contributed by atoms with Crippen molar-refractivity contribution in [2.75, 3.05) is 0 Å². The van der Waals surface area contributed by atoms with E-state index < -0.39 is 0 Å². The molecule has 1 nitrogen and oxygen atoms in total. The molecule has 0 saturated heterocycles. The molecule has 0 fully saturated rings. The summed E-state index contributed by atoms with van der Waals surface area (Å²) in [7, 11) is 0. The number of carbonyl (C=O) groups is 1. The van der Waals surface area contributed by atoms with Crippen molar-refractivity contribution < 1.29 is 4.79 Å². The van der Waals surface area contributed by atoms with Gasteiger partial charge in [0.1, 0.15) is 0 Å². The smallest absolute Gasteiger partial charge is 0.171 e. The highest BCUT2D eigenvalue weighted by molar-refractivity contribution is 6.01. The third-order valence-corrected chi connectivity index (χ3v) is 1.28. The summed E-state index contributed by atoms with van der Waals surface area (Å²) in [6, 6.07) is 0. The van der Waals surface area contributed by atoms with Crippen LogP contribution in [0.4, 0.5) is 0 Å². The molecule has 1 heteroatoms. The normalized spacial score (nSPS) is 16.6. The summed E-state index contributed by atoms with van der Waals surface area (Å²) in [6.45, 7) is 1.74. The number of hydrogen-bond donors (Lipinski definition) is 0. The van der Waals surface area contributed by atoms with Crippen LogP contribution in [0.2, 0.25) is 0 Å². The highest BCUT2D eigenvalue weighted by Gasteiger charge is 2.11. The van der Waals surface area contributed by atoms with Crippen LogP contribution >= 0.6 is 0 Å². The average Bonchev–Trinajstić information content (AvgIpc) is 2.18. The number of rotatable bonds is 0. The zero-order valence-corrected chi connectivity index (χ0v) is 5.40. The van der Waals surface area contributed by atoms with E-state index in [-0.39, 0.29) is 5.78 Å². The molecule has 0 aliphatic heterocycles. The van der Waals surface area contributed by atoms with Crippen LogP contribution in [0, 0.1) is 11.8 Å². The third-order valence-electron chi connectivity index (χ3n) is 1.28. The van der Waals surface area contributed by atoms with Gasteiger partial charge >= 0.3 is 0 Å². The van der Waals surface area contributed by atoms with Gasteiger partial charge < -0.3 is 0 Å². The lowest BCUT2D eigenvalue weighted by Crippen LogP contribution is -1.91. The molecule has 0 spiro atoms. The predicted octanol–water partition coefficient (Wildman–Crippen LogP) is 1.30. The Morgan fingerprint density at radius 3 is 2.89 bits per heavy atom. The maximum Gasteiger partial charge on any atom is 0.171 e. The maximum atomic E-state index is 10.8. The zero-order valence-electron chi connectivity index (χ0n) is 5.40. The minimum absolute atomic E-state index is 0.198. The second-order valence-electron chi connectivity index (χ2n) is 1.95. The van der Waals surface area contributed by atoms with Gasteiger partial charge in [-0.1, -0.05) is 12.0 Å². The summed E-state index contributed by atoms with van der Waals surface area (Å²) in [5.41, 5.74) is 0.706. The Bertz CT molecular complexity index is 212. The number of ketones is 1. The summed E-state index contributed by atoms with van der Waals surface area (Å²) in [5, 5.41) is 0. The van der Waals surface area contributed by atoms with Gasteiger partial charge in [0.2, 0.25) is 0 Å². The van der Waals surface area contributed by atoms with Crippen molar-refractivity contribution in [2.24, 2.45) is 0 Å². The van der Waals surface area contributed by atoms with Gasteiger partial charge in [-0.05, 0) is 13.3 Å². The monoisotopic (exact) mass is 120 g/mol. The number of hydrogen-bond acceptors (Lipinski definition) is 1. The van der Waals surface area contributed by atoms with Gasteiger partial charge in [0, 0.05) is 6.42 Å². The Balaban J connectivity index is 2.76. The standard InChI is InChI=1S/C8H8O/c1-2-4-7-5-3-6-8(7)9/h5H,3,6H2,1H3. The molecule has 1 aliphatic carbocycles. The summed E-state index contributed by atoms with van der Waals surface area (Å²) in [6.07, 6.45) is 3.44. The van der Waals surface area contributed by atoms with Crippen LogP contribution in [0.15, 0.2) is 11.6 Å². The first-order valence-electron chi connectivity index (χ1n) is 3.00. The number of allylic oxidation sites excluding steroid dienone is 2. The first kappa shape index (κ1) is 6.10. The molecule has 0 amide bonds. The van der Waals surface area contributed by atoms with E-state index in [9.17, 15) is 4.79 Å². The number of Topliss-reactive ketones (excluding diaryl/α,β-unsaturated/α-hetero) is 1. The van der Waals surface area contributed by atoms with Crippen LogP contribution in [0.5, 0.6) is 0 Å². The van der Waals surface area contributed by atoms with Crippen molar-refractivity contribution in [1.29, 1.82) is 0 Å². The molecule has 0 bridgehead atoms. The topological polar surface area (TPSA) is 17.1 Å². The first-order valence-corrected chi connectivity index (χ1v) is 3.00. The lowest BCUT2D eigenvalue weighted by molar-refractivity contribution is -0.114. The van der Waals surface area contributed by atoms with E-state index in [0.29, 0.717) is 12.0 Å². The van der Waals surface area contributed by atoms with E-state index in [1.165, 1.54) is 0 Å². The van der Waals surface area contributed by atoms with E-state index in [4.69, 9.17) is 0 Å².